The summed E-state index contributed by atoms with van der Waals surface area (Å²) in [5.41, 5.74) is 9.47. The molecule has 27 heavy (non-hydrogen) atoms. The molecule has 0 aliphatic heterocycles. The first-order valence-electron chi connectivity index (χ1n) is 9.17. The molecule has 4 heterocycles. The number of halogens is 1. The van der Waals surface area contributed by atoms with Crippen molar-refractivity contribution < 1.29 is 4.39 Å². The molecule has 0 bridgehead atoms. The van der Waals surface area contributed by atoms with Crippen LogP contribution in [0.1, 0.15) is 31.5 Å². The lowest BCUT2D eigenvalue weighted by atomic mass is 10.0. The lowest BCUT2D eigenvalue weighted by Gasteiger charge is -2.05. The molecule has 0 aromatic carbocycles. The summed E-state index contributed by atoms with van der Waals surface area (Å²) in [6.07, 6.45) is 9.46. The summed E-state index contributed by atoms with van der Waals surface area (Å²) < 4.78 is 16.2. The molecule has 5 rings (SSSR count). The normalized spacial score (nSPS) is 13.4. The maximum Gasteiger partial charge on any atom is 0.238 e. The van der Waals surface area contributed by atoms with Crippen molar-refractivity contribution in [3.8, 4) is 11.3 Å². The molecular weight excluding hydrogens is 345 g/mol. The third-order valence-corrected chi connectivity index (χ3v) is 4.80. The highest BCUT2D eigenvalue weighted by atomic mass is 19.1. The van der Waals surface area contributed by atoms with E-state index in [0.29, 0.717) is 5.65 Å². The molecule has 1 aliphatic rings. The van der Waals surface area contributed by atoms with Crippen molar-refractivity contribution in [3.05, 3.63) is 36.4 Å². The highest BCUT2D eigenvalue weighted by Crippen LogP contribution is 2.26. The third-order valence-electron chi connectivity index (χ3n) is 4.80. The van der Waals surface area contributed by atoms with Gasteiger partial charge in [0.25, 0.3) is 0 Å². The second kappa shape index (κ2) is 7.30. The summed E-state index contributed by atoms with van der Waals surface area (Å²) in [5.74, 6) is 0.958. The van der Waals surface area contributed by atoms with Crippen LogP contribution in [0.25, 0.3) is 27.9 Å². The van der Waals surface area contributed by atoms with Crippen LogP contribution in [-0.2, 0) is 6.54 Å². The molecule has 1 saturated carbocycles. The Balaban J connectivity index is 0.000000400. The predicted octanol–water partition coefficient (Wildman–Crippen LogP) is 3.56. The number of nitrogens with two attached hydrogens (primary N) is 1. The molecule has 2 N–H and O–H groups in total. The number of rotatable bonds is 3. The summed E-state index contributed by atoms with van der Waals surface area (Å²) in [6.45, 7) is 1.64. The minimum Gasteiger partial charge on any atom is -0.367 e. The van der Waals surface area contributed by atoms with Crippen molar-refractivity contribution in [1.29, 1.82) is 0 Å². The highest BCUT2D eigenvalue weighted by molar-refractivity contribution is 5.82. The zero-order valence-electron chi connectivity index (χ0n) is 15.3. The quantitative estimate of drug-likeness (QED) is 0.598. The van der Waals surface area contributed by atoms with Gasteiger partial charge < -0.3 is 10.3 Å². The summed E-state index contributed by atoms with van der Waals surface area (Å²) in [5, 5.41) is 4.12. The van der Waals surface area contributed by atoms with Crippen molar-refractivity contribution in [2.45, 2.75) is 39.2 Å². The van der Waals surface area contributed by atoms with Crippen LogP contribution in [0.15, 0.2) is 30.6 Å². The molecule has 7 nitrogen and oxygen atoms in total. The monoisotopic (exact) mass is 367 g/mol. The van der Waals surface area contributed by atoms with Crippen molar-refractivity contribution in [3.63, 3.8) is 0 Å². The Kier molecular flexibility index (Phi) is 4.70. The third kappa shape index (κ3) is 3.34. The van der Waals surface area contributed by atoms with Gasteiger partial charge in [-0.05, 0) is 25.1 Å². The van der Waals surface area contributed by atoms with E-state index in [1.807, 2.05) is 25.1 Å². The molecule has 0 spiro atoms. The molecule has 4 aromatic heterocycles. The van der Waals surface area contributed by atoms with E-state index in [9.17, 15) is 4.39 Å². The molecule has 1 aliphatic carbocycles. The second-order valence-electron chi connectivity index (χ2n) is 6.63. The molecular formula is C19H22FN7. The average molecular weight is 367 g/mol. The first-order chi connectivity index (χ1) is 13.2. The van der Waals surface area contributed by atoms with E-state index in [-0.39, 0.29) is 12.5 Å². The number of nitrogens with zero attached hydrogens (tertiary/aromatic N) is 6. The Morgan fingerprint density at radius 1 is 1.11 bits per heavy atom. The van der Waals surface area contributed by atoms with Gasteiger partial charge in [-0.25, -0.2) is 23.9 Å². The fourth-order valence-corrected chi connectivity index (χ4v) is 3.00. The number of aromatic nitrogens is 6. The standard InChI is InChI=1S/C15H14FN7.C4H8/c1-9-19-12-3-2-11(20-14(12)22(9)7-5-16)10-4-6-23-13(10)8-18-15(17)21-23;1-2-4-3-1/h2-4,6,8H,5,7H2,1H3,(H2,17,21);1-4H2. The highest BCUT2D eigenvalue weighted by Gasteiger charge is 2.13. The van der Waals surface area contributed by atoms with E-state index in [4.69, 9.17) is 5.73 Å². The van der Waals surface area contributed by atoms with Gasteiger partial charge in [0, 0.05) is 11.8 Å². The fraction of sp³-hybridized carbons (Fsp3) is 0.368. The van der Waals surface area contributed by atoms with E-state index >= 15 is 0 Å². The molecule has 8 heteroatoms. The number of alkyl halides is 1. The second-order valence-corrected chi connectivity index (χ2v) is 6.63. The Morgan fingerprint density at radius 2 is 1.89 bits per heavy atom. The van der Waals surface area contributed by atoms with Crippen LogP contribution in [0.5, 0.6) is 0 Å². The summed E-state index contributed by atoms with van der Waals surface area (Å²) in [6, 6.07) is 5.68. The van der Waals surface area contributed by atoms with Gasteiger partial charge in [0.15, 0.2) is 5.65 Å². The van der Waals surface area contributed by atoms with Gasteiger partial charge in [-0.1, -0.05) is 25.7 Å². The maximum absolute atomic E-state index is 12.8. The van der Waals surface area contributed by atoms with Crippen LogP contribution in [-0.4, -0.2) is 35.8 Å². The first-order valence-corrected chi connectivity index (χ1v) is 9.17. The van der Waals surface area contributed by atoms with E-state index in [1.54, 1.807) is 21.5 Å². The Bertz CT molecular complexity index is 1070. The number of nitrogen functional groups attached to an aromatic ring is 1. The molecule has 0 radical (unpaired) electrons. The van der Waals surface area contributed by atoms with Crippen LogP contribution in [0.2, 0.25) is 0 Å². The zero-order valence-corrected chi connectivity index (χ0v) is 15.3. The van der Waals surface area contributed by atoms with Crippen LogP contribution < -0.4 is 5.73 Å². The average Bonchev–Trinajstić information content (AvgIpc) is 3.14. The van der Waals surface area contributed by atoms with Crippen LogP contribution >= 0.6 is 0 Å². The Morgan fingerprint density at radius 3 is 2.59 bits per heavy atom. The fourth-order valence-electron chi connectivity index (χ4n) is 3.00. The minimum absolute atomic E-state index is 0.208. The number of fused-ring (bicyclic) bond motifs is 2. The van der Waals surface area contributed by atoms with Crippen molar-refractivity contribution in [2.75, 3.05) is 12.4 Å². The maximum atomic E-state index is 12.8. The van der Waals surface area contributed by atoms with E-state index < -0.39 is 6.67 Å². The number of hydrogen-bond donors (Lipinski definition) is 1. The van der Waals surface area contributed by atoms with Gasteiger partial charge in [0.05, 0.1) is 24.0 Å². The van der Waals surface area contributed by atoms with E-state index in [0.717, 1.165) is 28.1 Å². The summed E-state index contributed by atoms with van der Waals surface area (Å²) >= 11 is 0. The molecule has 4 aromatic rings. The van der Waals surface area contributed by atoms with Crippen molar-refractivity contribution in [1.82, 2.24) is 29.1 Å². The number of anilines is 1. The smallest absolute Gasteiger partial charge is 0.238 e. The van der Waals surface area contributed by atoms with Gasteiger partial charge in [-0.3, -0.25) is 0 Å². The molecule has 0 saturated heterocycles. The molecule has 0 unspecified atom stereocenters. The molecule has 1 fully saturated rings. The van der Waals surface area contributed by atoms with Gasteiger partial charge in [-0.15, -0.1) is 5.10 Å². The van der Waals surface area contributed by atoms with Crippen molar-refractivity contribution in [2.24, 2.45) is 0 Å². The van der Waals surface area contributed by atoms with Gasteiger partial charge in [0.2, 0.25) is 5.95 Å². The van der Waals surface area contributed by atoms with Crippen LogP contribution in [0.3, 0.4) is 0 Å². The Labute approximate surface area is 156 Å². The van der Waals surface area contributed by atoms with Gasteiger partial charge in [0.1, 0.15) is 18.0 Å². The van der Waals surface area contributed by atoms with Crippen molar-refractivity contribution >= 4 is 22.6 Å². The van der Waals surface area contributed by atoms with E-state index in [1.165, 1.54) is 25.7 Å². The first kappa shape index (κ1) is 17.4. The van der Waals surface area contributed by atoms with E-state index in [2.05, 4.69) is 20.1 Å². The summed E-state index contributed by atoms with van der Waals surface area (Å²) in [4.78, 5) is 13.1. The molecule has 0 atom stereocenters. The predicted molar refractivity (Wildman–Crippen MR) is 103 cm³/mol. The minimum atomic E-state index is -0.458. The lowest BCUT2D eigenvalue weighted by molar-refractivity contribution is 0.445. The molecule has 0 amide bonds. The lowest BCUT2D eigenvalue weighted by Crippen LogP contribution is -2.03. The summed E-state index contributed by atoms with van der Waals surface area (Å²) in [7, 11) is 0. The SMILES string of the molecule is C1CCC1.Cc1nc2ccc(-c3ccn4nc(N)ncc34)nc2n1CCF. The van der Waals surface area contributed by atoms with Crippen LogP contribution in [0, 0.1) is 6.92 Å². The number of pyridine rings is 1. The topological polar surface area (TPSA) is 86.9 Å². The van der Waals surface area contributed by atoms with Gasteiger partial charge in [-0.2, -0.15) is 0 Å². The largest absolute Gasteiger partial charge is 0.367 e. The Hall–Kier alpha value is -3.03. The number of hydrogen-bond acceptors (Lipinski definition) is 5. The van der Waals surface area contributed by atoms with Crippen LogP contribution in [0.4, 0.5) is 10.3 Å². The van der Waals surface area contributed by atoms with Gasteiger partial charge >= 0.3 is 0 Å². The number of imidazole rings is 1. The zero-order chi connectivity index (χ0) is 18.8. The number of aryl methyl sites for hydroxylation is 2. The molecule has 140 valence electrons.